The predicted octanol–water partition coefficient (Wildman–Crippen LogP) is 3.40. The van der Waals surface area contributed by atoms with Crippen molar-refractivity contribution in [2.24, 2.45) is 17.8 Å². The smallest absolute Gasteiger partial charge is 0.324 e. The zero-order chi connectivity index (χ0) is 24.5. The molecule has 0 bridgehead atoms. The normalized spacial score (nSPS) is 23.0. The molecule has 3 aliphatic rings. The standard InChI is InChI=1S/C26H35FN4O4/c1-16(2)25-28-26(35-29-25)30-8-5-17(6-9-30)22-11-18(22)7-10-34-21-4-3-19(23(27)13-21)12-24(33)31-14-20(32)15-31/h3-4,13,16-18,20,22,32H,5-12,14-15H2,1-2H3/t18-,22-/m1/s1. The lowest BCUT2D eigenvalue weighted by Crippen LogP contribution is -2.54. The number of ether oxygens (including phenoxy) is 1. The van der Waals surface area contributed by atoms with Gasteiger partial charge in [0.15, 0.2) is 5.82 Å². The third-order valence-corrected chi connectivity index (χ3v) is 7.68. The topological polar surface area (TPSA) is 91.9 Å². The van der Waals surface area contributed by atoms with Gasteiger partial charge in [0.25, 0.3) is 0 Å². The Kier molecular flexibility index (Phi) is 6.95. The minimum absolute atomic E-state index is 0.00674. The van der Waals surface area contributed by atoms with Crippen LogP contribution in [0.2, 0.25) is 0 Å². The number of hydrogen-bond acceptors (Lipinski definition) is 7. The first kappa shape index (κ1) is 24.0. The molecular weight excluding hydrogens is 451 g/mol. The van der Waals surface area contributed by atoms with Crippen LogP contribution in [0.4, 0.5) is 10.4 Å². The number of carbonyl (C=O) groups excluding carboxylic acids is 1. The summed E-state index contributed by atoms with van der Waals surface area (Å²) in [5.74, 6) is 3.11. The van der Waals surface area contributed by atoms with Gasteiger partial charge in [0.05, 0.1) is 19.1 Å². The van der Waals surface area contributed by atoms with Crippen LogP contribution in [0.1, 0.15) is 56.8 Å². The molecule has 8 nitrogen and oxygen atoms in total. The van der Waals surface area contributed by atoms with Crippen molar-refractivity contribution in [2.75, 3.05) is 37.7 Å². The van der Waals surface area contributed by atoms with Crippen molar-refractivity contribution in [1.29, 1.82) is 0 Å². The van der Waals surface area contributed by atoms with Gasteiger partial charge in [0.1, 0.15) is 11.6 Å². The average molecular weight is 487 g/mol. The highest BCUT2D eigenvalue weighted by atomic mass is 19.1. The molecule has 0 unspecified atom stereocenters. The Bertz CT molecular complexity index is 1030. The van der Waals surface area contributed by atoms with Crippen molar-refractivity contribution in [3.63, 3.8) is 0 Å². The molecule has 1 aliphatic carbocycles. The molecule has 5 rings (SSSR count). The van der Waals surface area contributed by atoms with E-state index in [0.29, 0.717) is 42.9 Å². The first-order chi connectivity index (χ1) is 16.9. The van der Waals surface area contributed by atoms with Gasteiger partial charge in [-0.2, -0.15) is 4.98 Å². The molecule has 35 heavy (non-hydrogen) atoms. The van der Waals surface area contributed by atoms with E-state index in [2.05, 4.69) is 28.9 Å². The van der Waals surface area contributed by atoms with Crippen LogP contribution in [0, 0.1) is 23.6 Å². The number of hydrogen-bond donors (Lipinski definition) is 1. The van der Waals surface area contributed by atoms with Crippen molar-refractivity contribution in [2.45, 2.75) is 58.0 Å². The minimum Gasteiger partial charge on any atom is -0.493 e. The number of benzene rings is 1. The molecule has 9 heteroatoms. The van der Waals surface area contributed by atoms with Gasteiger partial charge in [0, 0.05) is 38.2 Å². The Morgan fingerprint density at radius 1 is 1.29 bits per heavy atom. The summed E-state index contributed by atoms with van der Waals surface area (Å²) >= 11 is 0. The van der Waals surface area contributed by atoms with Gasteiger partial charge in [-0.1, -0.05) is 25.1 Å². The summed E-state index contributed by atoms with van der Waals surface area (Å²) < 4.78 is 25.7. The van der Waals surface area contributed by atoms with Gasteiger partial charge < -0.3 is 24.2 Å². The number of carbonyl (C=O) groups is 1. The van der Waals surface area contributed by atoms with Crippen LogP contribution in [-0.4, -0.2) is 64.9 Å². The van der Waals surface area contributed by atoms with E-state index in [0.717, 1.165) is 50.0 Å². The summed E-state index contributed by atoms with van der Waals surface area (Å²) in [5.41, 5.74) is 0.360. The summed E-state index contributed by atoms with van der Waals surface area (Å²) in [7, 11) is 0. The monoisotopic (exact) mass is 486 g/mol. The Hall–Kier alpha value is -2.68. The number of amides is 1. The van der Waals surface area contributed by atoms with Crippen LogP contribution < -0.4 is 9.64 Å². The number of nitrogens with zero attached hydrogens (tertiary/aromatic N) is 4. The number of piperidine rings is 1. The second kappa shape index (κ2) is 10.1. The second-order valence-electron chi connectivity index (χ2n) is 10.6. The zero-order valence-corrected chi connectivity index (χ0v) is 20.5. The van der Waals surface area contributed by atoms with E-state index in [-0.39, 0.29) is 18.2 Å². The number of aliphatic hydroxyl groups is 1. The summed E-state index contributed by atoms with van der Waals surface area (Å²) in [4.78, 5) is 20.4. The largest absolute Gasteiger partial charge is 0.493 e. The van der Waals surface area contributed by atoms with Gasteiger partial charge in [-0.25, -0.2) is 4.39 Å². The van der Waals surface area contributed by atoms with Crippen molar-refractivity contribution >= 4 is 11.9 Å². The number of aromatic nitrogens is 2. The molecule has 2 aliphatic heterocycles. The first-order valence-corrected chi connectivity index (χ1v) is 12.8. The molecule has 0 spiro atoms. The fraction of sp³-hybridized carbons (Fsp3) is 0.654. The van der Waals surface area contributed by atoms with Crippen molar-refractivity contribution in [3.05, 3.63) is 35.4 Å². The molecular formula is C26H35FN4O4. The fourth-order valence-electron chi connectivity index (χ4n) is 5.31. The summed E-state index contributed by atoms with van der Waals surface area (Å²) in [6.07, 6.45) is 4.06. The number of halogens is 1. The van der Waals surface area contributed by atoms with Crippen LogP contribution in [0.5, 0.6) is 5.75 Å². The Labute approximate surface area is 205 Å². The lowest BCUT2D eigenvalue weighted by molar-refractivity contribution is -0.140. The van der Waals surface area contributed by atoms with Gasteiger partial charge >= 0.3 is 6.01 Å². The molecule has 1 aromatic carbocycles. The van der Waals surface area contributed by atoms with E-state index in [1.165, 1.54) is 17.4 Å². The fourth-order valence-corrected chi connectivity index (χ4v) is 5.31. The molecule has 1 N–H and O–H groups in total. The van der Waals surface area contributed by atoms with Crippen LogP contribution >= 0.6 is 0 Å². The van der Waals surface area contributed by atoms with Gasteiger partial charge in [0.2, 0.25) is 5.91 Å². The van der Waals surface area contributed by atoms with E-state index in [1.54, 1.807) is 12.1 Å². The predicted molar refractivity (Wildman–Crippen MR) is 128 cm³/mol. The Morgan fingerprint density at radius 3 is 2.71 bits per heavy atom. The minimum atomic E-state index is -0.451. The molecule has 0 radical (unpaired) electrons. The van der Waals surface area contributed by atoms with Crippen LogP contribution in [0.3, 0.4) is 0 Å². The highest BCUT2D eigenvalue weighted by molar-refractivity contribution is 5.79. The maximum Gasteiger partial charge on any atom is 0.324 e. The maximum atomic E-state index is 14.5. The van der Waals surface area contributed by atoms with Crippen molar-refractivity contribution < 1.29 is 23.6 Å². The lowest BCUT2D eigenvalue weighted by atomic mass is 9.90. The number of anilines is 1. The molecule has 2 saturated heterocycles. The highest BCUT2D eigenvalue weighted by Gasteiger charge is 2.43. The lowest BCUT2D eigenvalue weighted by Gasteiger charge is -2.35. The molecule has 1 aromatic heterocycles. The molecule has 1 saturated carbocycles. The molecule has 3 heterocycles. The molecule has 190 valence electrons. The molecule has 1 amide bonds. The molecule has 2 atom stereocenters. The second-order valence-corrected chi connectivity index (χ2v) is 10.6. The summed E-state index contributed by atoms with van der Waals surface area (Å²) in [5, 5.41) is 13.4. The van der Waals surface area contributed by atoms with Gasteiger partial charge in [-0.15, -0.1) is 0 Å². The molecule has 2 aromatic rings. The van der Waals surface area contributed by atoms with Crippen molar-refractivity contribution in [1.82, 2.24) is 15.0 Å². The van der Waals surface area contributed by atoms with E-state index >= 15 is 0 Å². The quantitative estimate of drug-likeness (QED) is 0.581. The average Bonchev–Trinajstić information content (AvgIpc) is 3.41. The van der Waals surface area contributed by atoms with E-state index in [9.17, 15) is 14.3 Å². The molecule has 3 fully saturated rings. The third kappa shape index (κ3) is 5.60. The summed E-state index contributed by atoms with van der Waals surface area (Å²) in [6.45, 7) is 7.28. The van der Waals surface area contributed by atoms with Crippen LogP contribution in [0.15, 0.2) is 22.7 Å². The Morgan fingerprint density at radius 2 is 2.06 bits per heavy atom. The maximum absolute atomic E-state index is 14.5. The van der Waals surface area contributed by atoms with Crippen molar-refractivity contribution in [3.8, 4) is 5.75 Å². The van der Waals surface area contributed by atoms with E-state index in [4.69, 9.17) is 9.26 Å². The SMILES string of the molecule is CC(C)c1noc(N2CCC([C@H]3C[C@H]3CCOc3ccc(CC(=O)N4CC(O)C4)c(F)c3)CC2)n1. The first-order valence-electron chi connectivity index (χ1n) is 12.8. The van der Waals surface area contributed by atoms with E-state index < -0.39 is 11.9 Å². The van der Waals surface area contributed by atoms with E-state index in [1.807, 2.05) is 0 Å². The number of rotatable bonds is 9. The number of likely N-dealkylation sites (tertiary alicyclic amines) is 1. The third-order valence-electron chi connectivity index (χ3n) is 7.68. The van der Waals surface area contributed by atoms with Crippen LogP contribution in [-0.2, 0) is 11.2 Å². The summed E-state index contributed by atoms with van der Waals surface area (Å²) in [6, 6.07) is 5.38. The van der Waals surface area contributed by atoms with Gasteiger partial charge in [-0.05, 0) is 55.1 Å². The Balaban J connectivity index is 1.01. The number of β-amino-alcohol motifs (C(OH)–C–C–N with tert-alkyl or cyclic N) is 1. The number of aliphatic hydroxyl groups excluding tert-OH is 1. The van der Waals surface area contributed by atoms with Crippen LogP contribution in [0.25, 0.3) is 0 Å². The zero-order valence-electron chi connectivity index (χ0n) is 20.5. The highest BCUT2D eigenvalue weighted by Crippen LogP contribution is 2.50. The van der Waals surface area contributed by atoms with Gasteiger partial charge in [-0.3, -0.25) is 4.79 Å².